The van der Waals surface area contributed by atoms with Gasteiger partial charge in [-0.3, -0.25) is 14.6 Å². The first-order chi connectivity index (χ1) is 15.6. The molecule has 1 aliphatic rings. The lowest BCUT2D eigenvalue weighted by molar-refractivity contribution is -0.117. The van der Waals surface area contributed by atoms with Gasteiger partial charge in [0.25, 0.3) is 5.91 Å². The predicted octanol–water partition coefficient (Wildman–Crippen LogP) is 4.76. The molecule has 4 aromatic rings. The summed E-state index contributed by atoms with van der Waals surface area (Å²) in [6, 6.07) is 21.1. The van der Waals surface area contributed by atoms with Crippen LogP contribution in [0, 0.1) is 5.82 Å². The molecule has 0 spiro atoms. The average Bonchev–Trinajstić information content (AvgIpc) is 3.22. The van der Waals surface area contributed by atoms with Crippen LogP contribution in [0.1, 0.15) is 21.6 Å². The van der Waals surface area contributed by atoms with Gasteiger partial charge in [0, 0.05) is 29.5 Å². The van der Waals surface area contributed by atoms with Gasteiger partial charge < -0.3 is 10.2 Å². The zero-order valence-electron chi connectivity index (χ0n) is 17.2. The van der Waals surface area contributed by atoms with Crippen LogP contribution in [0.5, 0.6) is 0 Å². The van der Waals surface area contributed by atoms with Crippen molar-refractivity contribution in [1.29, 1.82) is 0 Å². The number of aromatic nitrogens is 1. The highest BCUT2D eigenvalue weighted by molar-refractivity contribution is 6.05. The molecule has 0 aliphatic carbocycles. The first kappa shape index (κ1) is 19.9. The van der Waals surface area contributed by atoms with E-state index in [-0.39, 0.29) is 17.4 Å². The van der Waals surface area contributed by atoms with E-state index in [1.165, 1.54) is 12.1 Å². The SMILES string of the molecule is O=C(Nc1ccc2c(c1)N(C(=O)Cc1ccccc1)CC2)c1cc2cc(F)ccc2cn1. The van der Waals surface area contributed by atoms with E-state index in [0.29, 0.717) is 24.0 Å². The van der Waals surface area contributed by atoms with E-state index in [0.717, 1.165) is 28.6 Å². The Morgan fingerprint density at radius 1 is 0.969 bits per heavy atom. The highest BCUT2D eigenvalue weighted by Gasteiger charge is 2.25. The third-order valence-corrected chi connectivity index (χ3v) is 5.65. The molecule has 2 amide bonds. The Kier molecular flexibility index (Phi) is 5.11. The third-order valence-electron chi connectivity index (χ3n) is 5.65. The molecule has 0 radical (unpaired) electrons. The maximum Gasteiger partial charge on any atom is 0.274 e. The highest BCUT2D eigenvalue weighted by Crippen LogP contribution is 2.31. The van der Waals surface area contributed by atoms with Crippen molar-refractivity contribution < 1.29 is 14.0 Å². The largest absolute Gasteiger partial charge is 0.321 e. The molecule has 0 unspecified atom stereocenters. The number of fused-ring (bicyclic) bond motifs is 2. The van der Waals surface area contributed by atoms with Crippen LogP contribution in [-0.2, 0) is 17.6 Å². The van der Waals surface area contributed by atoms with E-state index < -0.39 is 5.91 Å². The minimum Gasteiger partial charge on any atom is -0.321 e. The van der Waals surface area contributed by atoms with Gasteiger partial charge in [-0.15, -0.1) is 0 Å². The van der Waals surface area contributed by atoms with Crippen LogP contribution in [0.3, 0.4) is 0 Å². The lowest BCUT2D eigenvalue weighted by atomic mass is 10.1. The quantitative estimate of drug-likeness (QED) is 0.513. The van der Waals surface area contributed by atoms with Crippen molar-refractivity contribution in [3.63, 3.8) is 0 Å². The van der Waals surface area contributed by atoms with Gasteiger partial charge >= 0.3 is 0 Å². The highest BCUT2D eigenvalue weighted by atomic mass is 19.1. The number of amides is 2. The lowest BCUT2D eigenvalue weighted by Gasteiger charge is -2.18. The van der Waals surface area contributed by atoms with Gasteiger partial charge in [-0.25, -0.2) is 4.39 Å². The Hall–Kier alpha value is -4.06. The summed E-state index contributed by atoms with van der Waals surface area (Å²) in [7, 11) is 0. The number of nitrogens with zero attached hydrogens (tertiary/aromatic N) is 2. The number of carbonyl (C=O) groups is 2. The molecular weight excluding hydrogens is 405 g/mol. The Labute approximate surface area is 184 Å². The summed E-state index contributed by atoms with van der Waals surface area (Å²) in [6.07, 6.45) is 2.66. The van der Waals surface area contributed by atoms with E-state index in [2.05, 4.69) is 10.3 Å². The smallest absolute Gasteiger partial charge is 0.274 e. The summed E-state index contributed by atoms with van der Waals surface area (Å²) in [5.74, 6) is -0.734. The van der Waals surface area contributed by atoms with Crippen LogP contribution in [0.2, 0.25) is 0 Å². The van der Waals surface area contributed by atoms with Gasteiger partial charge in [0.05, 0.1) is 6.42 Å². The Morgan fingerprint density at radius 3 is 2.66 bits per heavy atom. The number of halogens is 1. The number of hydrogen-bond donors (Lipinski definition) is 1. The molecule has 0 bridgehead atoms. The van der Waals surface area contributed by atoms with E-state index >= 15 is 0 Å². The van der Waals surface area contributed by atoms with E-state index in [9.17, 15) is 14.0 Å². The van der Waals surface area contributed by atoms with Crippen LogP contribution in [0.4, 0.5) is 15.8 Å². The molecule has 1 N–H and O–H groups in total. The normalized spacial score (nSPS) is 12.6. The van der Waals surface area contributed by atoms with Gasteiger partial charge in [0.1, 0.15) is 11.5 Å². The Balaban J connectivity index is 1.35. The average molecular weight is 425 g/mol. The van der Waals surface area contributed by atoms with E-state index in [1.54, 1.807) is 23.2 Å². The molecule has 158 valence electrons. The lowest BCUT2D eigenvalue weighted by Crippen LogP contribution is -2.30. The third kappa shape index (κ3) is 3.95. The molecule has 0 saturated carbocycles. The molecule has 32 heavy (non-hydrogen) atoms. The number of nitrogens with one attached hydrogen (secondary N) is 1. The van der Waals surface area contributed by atoms with Crippen LogP contribution in [-0.4, -0.2) is 23.3 Å². The first-order valence-corrected chi connectivity index (χ1v) is 10.4. The van der Waals surface area contributed by atoms with Gasteiger partial charge in [0.15, 0.2) is 0 Å². The fourth-order valence-electron chi connectivity index (χ4n) is 4.01. The van der Waals surface area contributed by atoms with Crippen LogP contribution >= 0.6 is 0 Å². The summed E-state index contributed by atoms with van der Waals surface area (Å²) >= 11 is 0. The van der Waals surface area contributed by atoms with Gasteiger partial charge in [-0.05, 0) is 59.3 Å². The van der Waals surface area contributed by atoms with Crippen molar-refractivity contribution in [1.82, 2.24) is 4.98 Å². The Morgan fingerprint density at radius 2 is 1.81 bits per heavy atom. The zero-order valence-corrected chi connectivity index (χ0v) is 17.2. The summed E-state index contributed by atoms with van der Waals surface area (Å²) in [6.45, 7) is 0.621. The van der Waals surface area contributed by atoms with Crippen molar-refractivity contribution >= 4 is 34.0 Å². The number of anilines is 2. The van der Waals surface area contributed by atoms with Crippen molar-refractivity contribution in [3.05, 3.63) is 102 Å². The van der Waals surface area contributed by atoms with E-state index in [4.69, 9.17) is 0 Å². The minimum atomic E-state index is -0.392. The maximum absolute atomic E-state index is 13.5. The summed E-state index contributed by atoms with van der Waals surface area (Å²) < 4.78 is 13.5. The van der Waals surface area contributed by atoms with E-state index in [1.807, 2.05) is 48.5 Å². The second-order valence-corrected chi connectivity index (χ2v) is 7.82. The molecule has 2 heterocycles. The molecule has 0 atom stereocenters. The second kappa shape index (κ2) is 8.23. The summed E-state index contributed by atoms with van der Waals surface area (Å²) in [4.78, 5) is 31.6. The number of carbonyl (C=O) groups excluding carboxylic acids is 2. The number of benzene rings is 3. The van der Waals surface area contributed by atoms with Crippen molar-refractivity contribution in [2.75, 3.05) is 16.8 Å². The second-order valence-electron chi connectivity index (χ2n) is 7.82. The predicted molar refractivity (Wildman–Crippen MR) is 122 cm³/mol. The van der Waals surface area contributed by atoms with Gasteiger partial charge in [-0.1, -0.05) is 36.4 Å². The molecule has 5 rings (SSSR count). The molecule has 0 fully saturated rings. The molecule has 6 heteroatoms. The van der Waals surface area contributed by atoms with Crippen LogP contribution in [0.25, 0.3) is 10.8 Å². The van der Waals surface area contributed by atoms with Crippen molar-refractivity contribution in [2.24, 2.45) is 0 Å². The molecule has 1 aromatic heterocycles. The van der Waals surface area contributed by atoms with Crippen LogP contribution < -0.4 is 10.2 Å². The number of pyridine rings is 1. The monoisotopic (exact) mass is 425 g/mol. The molecular formula is C26H20FN3O2. The van der Waals surface area contributed by atoms with Crippen molar-refractivity contribution in [3.8, 4) is 0 Å². The standard InChI is InChI=1S/C26H20FN3O2/c27-21-8-6-19-16-28-23(14-20(19)13-21)26(32)29-22-9-7-18-10-11-30(24(18)15-22)25(31)12-17-4-2-1-3-5-17/h1-9,13-16H,10-12H2,(H,29,32). The number of rotatable bonds is 4. The molecule has 1 aliphatic heterocycles. The number of hydrogen-bond acceptors (Lipinski definition) is 3. The summed E-state index contributed by atoms with van der Waals surface area (Å²) in [5.41, 5.74) is 3.63. The van der Waals surface area contributed by atoms with Crippen molar-refractivity contribution in [2.45, 2.75) is 12.8 Å². The van der Waals surface area contributed by atoms with Gasteiger partial charge in [0.2, 0.25) is 5.91 Å². The van der Waals surface area contributed by atoms with Crippen LogP contribution in [0.15, 0.2) is 79.0 Å². The Bertz CT molecular complexity index is 1340. The first-order valence-electron chi connectivity index (χ1n) is 10.4. The minimum absolute atomic E-state index is 0.0247. The molecule has 0 saturated heterocycles. The fraction of sp³-hybridized carbons (Fsp3) is 0.115. The summed E-state index contributed by atoms with van der Waals surface area (Å²) in [5, 5.41) is 4.21. The zero-order chi connectivity index (χ0) is 22.1. The molecule has 5 nitrogen and oxygen atoms in total. The topological polar surface area (TPSA) is 62.3 Å². The molecule has 3 aromatic carbocycles. The fourth-order valence-corrected chi connectivity index (χ4v) is 4.01. The van der Waals surface area contributed by atoms with Gasteiger partial charge in [-0.2, -0.15) is 0 Å². The maximum atomic E-state index is 13.5.